The van der Waals surface area contributed by atoms with Crippen LogP contribution in [0.25, 0.3) is 11.0 Å². The van der Waals surface area contributed by atoms with Crippen LogP contribution in [0.4, 0.5) is 10.1 Å². The van der Waals surface area contributed by atoms with E-state index in [1.165, 1.54) is 16.8 Å². The van der Waals surface area contributed by atoms with Gasteiger partial charge in [-0.1, -0.05) is 0 Å². The minimum Gasteiger partial charge on any atom is -0.481 e. The Bertz CT molecular complexity index is 1130. The molecule has 0 radical (unpaired) electrons. The molecule has 0 saturated carbocycles. The summed E-state index contributed by atoms with van der Waals surface area (Å²) in [6.07, 6.45) is 6.03. The number of pyridine rings is 3. The number of halogens is 2. The fraction of sp³-hybridized carbons (Fsp3) is 0.458. The zero-order chi connectivity index (χ0) is 22.6. The highest BCUT2D eigenvalue weighted by Crippen LogP contribution is 2.30. The number of likely N-dealkylation sites (tertiary alicyclic amines) is 1. The van der Waals surface area contributed by atoms with Gasteiger partial charge in [-0.2, -0.15) is 0 Å². The maximum absolute atomic E-state index is 14.6. The van der Waals surface area contributed by atoms with Crippen LogP contribution < -0.4 is 15.4 Å². The molecule has 2 N–H and O–H groups in total. The first-order valence-corrected chi connectivity index (χ1v) is 12.5. The summed E-state index contributed by atoms with van der Waals surface area (Å²) in [5, 5.41) is 7.13. The predicted octanol–water partition coefficient (Wildman–Crippen LogP) is 3.91. The number of piperidine rings is 1. The number of thioether (sulfide) groups is 1. The van der Waals surface area contributed by atoms with Crippen LogP contribution in [0.1, 0.15) is 24.1 Å². The molecule has 0 atom stereocenters. The molecule has 0 aromatic carbocycles. The second-order valence-corrected chi connectivity index (χ2v) is 9.64. The quantitative estimate of drug-likeness (QED) is 0.501. The molecule has 1 saturated heterocycles. The third kappa shape index (κ3) is 5.71. The summed E-state index contributed by atoms with van der Waals surface area (Å²) in [7, 11) is 1.57. The van der Waals surface area contributed by atoms with Crippen molar-refractivity contribution in [3.05, 3.63) is 47.7 Å². The number of fused-ring (bicyclic) bond motifs is 2. The fourth-order valence-electron chi connectivity index (χ4n) is 4.49. The standard InChI is InChI=1S/C24H29FN6OS.ClH/c1-32-23-3-2-20-24(30-23)18(19(25)14-29-20)6-10-31-8-4-16(5-9-31)27-13-17-12-21-22(15-28-17)33-11-7-26-21;/h2-3,12,14-16,26-27H,4-11,13H2,1H3;1H. The van der Waals surface area contributed by atoms with Gasteiger partial charge in [-0.05, 0) is 44.5 Å². The molecule has 0 spiro atoms. The summed E-state index contributed by atoms with van der Waals surface area (Å²) < 4.78 is 19.8. The van der Waals surface area contributed by atoms with Crippen molar-refractivity contribution in [3.63, 3.8) is 0 Å². The molecule has 3 aromatic rings. The van der Waals surface area contributed by atoms with Crippen LogP contribution in [0.5, 0.6) is 5.88 Å². The van der Waals surface area contributed by atoms with Crippen molar-refractivity contribution in [2.75, 3.05) is 44.4 Å². The molecule has 2 aliphatic heterocycles. The zero-order valence-corrected chi connectivity index (χ0v) is 20.9. The number of hydrogen-bond donors (Lipinski definition) is 2. The molecule has 7 nitrogen and oxygen atoms in total. The maximum Gasteiger partial charge on any atom is 0.213 e. The number of aromatic nitrogens is 3. The Morgan fingerprint density at radius 2 is 2.09 bits per heavy atom. The second kappa shape index (κ2) is 11.5. The van der Waals surface area contributed by atoms with E-state index in [2.05, 4.69) is 36.6 Å². The molecule has 2 aliphatic rings. The van der Waals surface area contributed by atoms with E-state index < -0.39 is 0 Å². The van der Waals surface area contributed by atoms with Crippen molar-refractivity contribution in [2.45, 2.75) is 36.7 Å². The third-order valence-corrected chi connectivity index (χ3v) is 7.43. The van der Waals surface area contributed by atoms with E-state index >= 15 is 0 Å². The van der Waals surface area contributed by atoms with Crippen LogP contribution >= 0.6 is 24.2 Å². The van der Waals surface area contributed by atoms with Gasteiger partial charge < -0.3 is 20.3 Å². The highest BCUT2D eigenvalue weighted by atomic mass is 35.5. The number of methoxy groups -OCH3 is 1. The number of anilines is 1. The van der Waals surface area contributed by atoms with Gasteiger partial charge in [-0.15, -0.1) is 24.2 Å². The fourth-order valence-corrected chi connectivity index (χ4v) is 5.33. The summed E-state index contributed by atoms with van der Waals surface area (Å²) in [4.78, 5) is 16.9. The van der Waals surface area contributed by atoms with Crippen molar-refractivity contribution in [3.8, 4) is 5.88 Å². The molecule has 0 bridgehead atoms. The average Bonchev–Trinajstić information content (AvgIpc) is 2.87. The van der Waals surface area contributed by atoms with Gasteiger partial charge in [-0.3, -0.25) is 9.97 Å². The first kappa shape index (κ1) is 24.9. The lowest BCUT2D eigenvalue weighted by Gasteiger charge is -2.32. The molecule has 3 aromatic heterocycles. The minimum atomic E-state index is -0.301. The molecule has 5 heterocycles. The van der Waals surface area contributed by atoms with Crippen LogP contribution in [-0.4, -0.2) is 64.9 Å². The molecule has 1 fully saturated rings. The molecule has 0 aliphatic carbocycles. The molecule has 10 heteroatoms. The van der Waals surface area contributed by atoms with Gasteiger partial charge in [0.25, 0.3) is 0 Å². The Hall–Kier alpha value is -2.20. The van der Waals surface area contributed by atoms with E-state index in [-0.39, 0.29) is 18.2 Å². The van der Waals surface area contributed by atoms with Gasteiger partial charge >= 0.3 is 0 Å². The molecule has 0 unspecified atom stereocenters. The second-order valence-electron chi connectivity index (χ2n) is 8.50. The van der Waals surface area contributed by atoms with Crippen molar-refractivity contribution in [1.29, 1.82) is 0 Å². The number of rotatable bonds is 7. The number of nitrogens with one attached hydrogen (secondary N) is 2. The highest BCUT2D eigenvalue weighted by Gasteiger charge is 2.20. The van der Waals surface area contributed by atoms with Crippen molar-refractivity contribution in [2.24, 2.45) is 0 Å². The normalized spacial score (nSPS) is 16.5. The first-order valence-electron chi connectivity index (χ1n) is 11.5. The van der Waals surface area contributed by atoms with Crippen LogP contribution in [0.3, 0.4) is 0 Å². The van der Waals surface area contributed by atoms with Gasteiger partial charge in [0, 0.05) is 54.2 Å². The summed E-state index contributed by atoms with van der Waals surface area (Å²) in [5.41, 5.74) is 4.19. The Labute approximate surface area is 209 Å². The monoisotopic (exact) mass is 504 g/mol. The van der Waals surface area contributed by atoms with Crippen LogP contribution in [0.2, 0.25) is 0 Å². The largest absolute Gasteiger partial charge is 0.481 e. The number of hydrogen-bond acceptors (Lipinski definition) is 8. The lowest BCUT2D eigenvalue weighted by molar-refractivity contribution is 0.198. The summed E-state index contributed by atoms with van der Waals surface area (Å²) in [6.45, 7) is 4.59. The van der Waals surface area contributed by atoms with Gasteiger partial charge in [-0.25, -0.2) is 9.37 Å². The Kier molecular flexibility index (Phi) is 8.41. The smallest absolute Gasteiger partial charge is 0.213 e. The Morgan fingerprint density at radius 3 is 2.91 bits per heavy atom. The average molecular weight is 505 g/mol. The van der Waals surface area contributed by atoms with Crippen LogP contribution in [0.15, 0.2) is 35.5 Å². The summed E-state index contributed by atoms with van der Waals surface area (Å²) >= 11 is 1.86. The highest BCUT2D eigenvalue weighted by molar-refractivity contribution is 7.99. The topological polar surface area (TPSA) is 75.2 Å². The molecule has 34 heavy (non-hydrogen) atoms. The van der Waals surface area contributed by atoms with Gasteiger partial charge in [0.1, 0.15) is 5.82 Å². The first-order chi connectivity index (χ1) is 16.2. The van der Waals surface area contributed by atoms with E-state index in [4.69, 9.17) is 4.74 Å². The lowest BCUT2D eigenvalue weighted by atomic mass is 10.0. The maximum atomic E-state index is 14.6. The Morgan fingerprint density at radius 1 is 1.24 bits per heavy atom. The molecule has 5 rings (SSSR count). The van der Waals surface area contributed by atoms with E-state index in [1.54, 1.807) is 13.2 Å². The van der Waals surface area contributed by atoms with Gasteiger partial charge in [0.2, 0.25) is 5.88 Å². The number of nitrogens with zero attached hydrogens (tertiary/aromatic N) is 4. The van der Waals surface area contributed by atoms with E-state index in [1.807, 2.05) is 24.0 Å². The Balaban J connectivity index is 0.00000274. The SMILES string of the molecule is COc1ccc2ncc(F)c(CCN3CCC(NCc4cc5c(cn4)SCCN5)CC3)c2n1.Cl. The molecule has 182 valence electrons. The summed E-state index contributed by atoms with van der Waals surface area (Å²) in [6, 6.07) is 6.23. The van der Waals surface area contributed by atoms with Gasteiger partial charge in [0.15, 0.2) is 0 Å². The van der Waals surface area contributed by atoms with E-state index in [9.17, 15) is 4.39 Å². The zero-order valence-electron chi connectivity index (χ0n) is 19.2. The lowest BCUT2D eigenvalue weighted by Crippen LogP contribution is -2.43. The van der Waals surface area contributed by atoms with Crippen LogP contribution in [-0.2, 0) is 13.0 Å². The van der Waals surface area contributed by atoms with Crippen molar-refractivity contribution >= 4 is 40.9 Å². The minimum absolute atomic E-state index is 0. The van der Waals surface area contributed by atoms with Crippen molar-refractivity contribution in [1.82, 2.24) is 25.2 Å². The predicted molar refractivity (Wildman–Crippen MR) is 137 cm³/mol. The summed E-state index contributed by atoms with van der Waals surface area (Å²) in [5.74, 6) is 1.27. The van der Waals surface area contributed by atoms with Crippen LogP contribution in [0, 0.1) is 5.82 Å². The number of ether oxygens (including phenoxy) is 1. The van der Waals surface area contributed by atoms with Crippen molar-refractivity contribution < 1.29 is 9.13 Å². The molecular formula is C24H30ClFN6OS. The van der Waals surface area contributed by atoms with Gasteiger partial charge in [0.05, 0.1) is 35.7 Å². The molecular weight excluding hydrogens is 475 g/mol. The van der Waals surface area contributed by atoms with E-state index in [0.717, 1.165) is 57.0 Å². The van der Waals surface area contributed by atoms with E-state index in [0.29, 0.717) is 34.9 Å². The molecule has 0 amide bonds. The third-order valence-electron chi connectivity index (χ3n) is 6.39.